The number of rotatable bonds is 5. The Balaban J connectivity index is 2.10. The van der Waals surface area contributed by atoms with E-state index in [0.29, 0.717) is 19.1 Å². The molecular weight excluding hydrogens is 271 g/mol. The number of nitrogens with zero attached hydrogens (tertiary/aromatic N) is 1. The summed E-state index contributed by atoms with van der Waals surface area (Å²) in [5.74, 6) is -1.07. The van der Waals surface area contributed by atoms with Crippen LogP contribution >= 0.6 is 0 Å². The van der Waals surface area contributed by atoms with Gasteiger partial charge in [-0.25, -0.2) is 4.39 Å². The molecule has 2 N–H and O–H groups in total. The highest BCUT2D eigenvalue weighted by molar-refractivity contribution is 5.96. The Morgan fingerprint density at radius 2 is 2.29 bits per heavy atom. The zero-order chi connectivity index (χ0) is 15.2. The SMILES string of the molecule is CCCN(CC1CCCCN1)C(=O)c1ccc(F)cc1O. The third-order valence-electron chi connectivity index (χ3n) is 3.82. The molecule has 5 heteroatoms. The van der Waals surface area contributed by atoms with E-state index in [0.717, 1.165) is 25.5 Å². The van der Waals surface area contributed by atoms with E-state index in [4.69, 9.17) is 0 Å². The van der Waals surface area contributed by atoms with Gasteiger partial charge in [-0.1, -0.05) is 13.3 Å². The second-order valence-electron chi connectivity index (χ2n) is 5.56. The van der Waals surface area contributed by atoms with Crippen LogP contribution in [-0.4, -0.2) is 41.6 Å². The summed E-state index contributed by atoms with van der Waals surface area (Å²) in [6.45, 7) is 4.26. The first-order valence-corrected chi connectivity index (χ1v) is 7.63. The highest BCUT2D eigenvalue weighted by Gasteiger charge is 2.23. The van der Waals surface area contributed by atoms with E-state index in [1.807, 2.05) is 6.92 Å². The average Bonchev–Trinajstić information content (AvgIpc) is 2.47. The third kappa shape index (κ3) is 4.17. The first kappa shape index (κ1) is 15.8. The maximum Gasteiger partial charge on any atom is 0.257 e. The average molecular weight is 294 g/mol. The van der Waals surface area contributed by atoms with Gasteiger partial charge in [-0.15, -0.1) is 0 Å². The lowest BCUT2D eigenvalue weighted by Crippen LogP contribution is -2.46. The summed E-state index contributed by atoms with van der Waals surface area (Å²) in [6.07, 6.45) is 4.26. The molecule has 2 rings (SSSR count). The molecule has 4 nitrogen and oxygen atoms in total. The van der Waals surface area contributed by atoms with Gasteiger partial charge in [-0.2, -0.15) is 0 Å². The molecule has 1 unspecified atom stereocenters. The van der Waals surface area contributed by atoms with E-state index in [9.17, 15) is 14.3 Å². The normalized spacial score (nSPS) is 18.5. The van der Waals surface area contributed by atoms with Gasteiger partial charge in [0.25, 0.3) is 5.91 Å². The van der Waals surface area contributed by atoms with Crippen LogP contribution in [0.3, 0.4) is 0 Å². The number of nitrogens with one attached hydrogen (secondary N) is 1. The number of hydrogen-bond donors (Lipinski definition) is 2. The number of phenols is 1. The first-order valence-electron chi connectivity index (χ1n) is 7.63. The molecule has 1 aromatic rings. The summed E-state index contributed by atoms with van der Waals surface area (Å²) < 4.78 is 13.0. The van der Waals surface area contributed by atoms with Crippen molar-refractivity contribution in [1.29, 1.82) is 0 Å². The molecule has 21 heavy (non-hydrogen) atoms. The van der Waals surface area contributed by atoms with Crippen molar-refractivity contribution in [3.05, 3.63) is 29.6 Å². The van der Waals surface area contributed by atoms with Crippen molar-refractivity contribution >= 4 is 5.91 Å². The van der Waals surface area contributed by atoms with E-state index in [2.05, 4.69) is 5.32 Å². The van der Waals surface area contributed by atoms with Crippen LogP contribution in [0, 0.1) is 5.82 Å². The Bertz CT molecular complexity index is 487. The molecule has 1 aromatic carbocycles. The van der Waals surface area contributed by atoms with Gasteiger partial charge in [0.15, 0.2) is 0 Å². The molecule has 1 heterocycles. The number of benzene rings is 1. The van der Waals surface area contributed by atoms with Crippen molar-refractivity contribution in [1.82, 2.24) is 10.2 Å². The van der Waals surface area contributed by atoms with Gasteiger partial charge < -0.3 is 15.3 Å². The van der Waals surface area contributed by atoms with E-state index in [1.54, 1.807) is 4.90 Å². The van der Waals surface area contributed by atoms with Crippen LogP contribution < -0.4 is 5.32 Å². The topological polar surface area (TPSA) is 52.6 Å². The zero-order valence-corrected chi connectivity index (χ0v) is 12.4. The van der Waals surface area contributed by atoms with Crippen molar-refractivity contribution in [3.63, 3.8) is 0 Å². The Morgan fingerprint density at radius 1 is 1.48 bits per heavy atom. The Hall–Kier alpha value is -1.62. The molecule has 116 valence electrons. The number of halogens is 1. The second-order valence-corrected chi connectivity index (χ2v) is 5.56. The van der Waals surface area contributed by atoms with Gasteiger partial charge in [0, 0.05) is 25.2 Å². The van der Waals surface area contributed by atoms with Crippen molar-refractivity contribution in [3.8, 4) is 5.75 Å². The molecular formula is C16H23FN2O2. The lowest BCUT2D eigenvalue weighted by Gasteiger charge is -2.30. The number of phenolic OH excluding ortho intramolecular Hbond substituents is 1. The fourth-order valence-corrected chi connectivity index (χ4v) is 2.75. The summed E-state index contributed by atoms with van der Waals surface area (Å²) in [7, 11) is 0. The fraction of sp³-hybridized carbons (Fsp3) is 0.562. The Kier molecular flexibility index (Phi) is 5.56. The number of carbonyl (C=O) groups is 1. The minimum Gasteiger partial charge on any atom is -0.507 e. The van der Waals surface area contributed by atoms with Crippen LogP contribution in [0.1, 0.15) is 43.0 Å². The zero-order valence-electron chi connectivity index (χ0n) is 12.4. The summed E-state index contributed by atoms with van der Waals surface area (Å²) in [6, 6.07) is 3.84. The largest absolute Gasteiger partial charge is 0.507 e. The summed E-state index contributed by atoms with van der Waals surface area (Å²) >= 11 is 0. The van der Waals surface area contributed by atoms with Crippen molar-refractivity contribution in [2.45, 2.75) is 38.6 Å². The van der Waals surface area contributed by atoms with E-state index >= 15 is 0 Å². The smallest absolute Gasteiger partial charge is 0.257 e. The van der Waals surface area contributed by atoms with Gasteiger partial charge in [0.05, 0.1) is 5.56 Å². The maximum absolute atomic E-state index is 13.0. The minimum absolute atomic E-state index is 0.167. The number of piperidine rings is 1. The second kappa shape index (κ2) is 7.41. The summed E-state index contributed by atoms with van der Waals surface area (Å²) in [5.41, 5.74) is 0.167. The molecule has 0 spiro atoms. The molecule has 1 amide bonds. The van der Waals surface area contributed by atoms with Gasteiger partial charge in [0.1, 0.15) is 11.6 Å². The van der Waals surface area contributed by atoms with Gasteiger partial charge in [0.2, 0.25) is 0 Å². The Morgan fingerprint density at radius 3 is 2.90 bits per heavy atom. The summed E-state index contributed by atoms with van der Waals surface area (Å²) in [4.78, 5) is 14.3. The van der Waals surface area contributed by atoms with Crippen LogP contribution in [0.15, 0.2) is 18.2 Å². The molecule has 1 saturated heterocycles. The first-order chi connectivity index (χ1) is 10.1. The number of aromatic hydroxyl groups is 1. The number of hydrogen-bond acceptors (Lipinski definition) is 3. The molecule has 0 bridgehead atoms. The fourth-order valence-electron chi connectivity index (χ4n) is 2.75. The lowest BCUT2D eigenvalue weighted by atomic mass is 10.0. The lowest BCUT2D eigenvalue weighted by molar-refractivity contribution is 0.0728. The molecule has 0 radical (unpaired) electrons. The van der Waals surface area contributed by atoms with Crippen molar-refractivity contribution in [2.75, 3.05) is 19.6 Å². The molecule has 0 aromatic heterocycles. The predicted octanol–water partition coefficient (Wildman–Crippen LogP) is 2.53. The van der Waals surface area contributed by atoms with Gasteiger partial charge >= 0.3 is 0 Å². The van der Waals surface area contributed by atoms with Gasteiger partial charge in [-0.3, -0.25) is 4.79 Å². The minimum atomic E-state index is -0.542. The number of carbonyl (C=O) groups excluding carboxylic acids is 1. The van der Waals surface area contributed by atoms with Crippen LogP contribution in [0.2, 0.25) is 0 Å². The highest BCUT2D eigenvalue weighted by atomic mass is 19.1. The van der Waals surface area contributed by atoms with E-state index in [1.165, 1.54) is 25.0 Å². The standard InChI is InChI=1S/C16H23FN2O2/c1-2-9-19(11-13-5-3-4-8-18-13)16(21)14-7-6-12(17)10-15(14)20/h6-7,10,13,18,20H,2-5,8-9,11H2,1H3. The van der Waals surface area contributed by atoms with Crippen molar-refractivity contribution < 1.29 is 14.3 Å². The molecule has 0 aliphatic carbocycles. The predicted molar refractivity (Wildman–Crippen MR) is 79.9 cm³/mol. The molecule has 1 aliphatic rings. The third-order valence-corrected chi connectivity index (χ3v) is 3.82. The van der Waals surface area contributed by atoms with Crippen LogP contribution in [0.25, 0.3) is 0 Å². The van der Waals surface area contributed by atoms with Crippen LogP contribution in [0.5, 0.6) is 5.75 Å². The number of amides is 1. The van der Waals surface area contributed by atoms with E-state index < -0.39 is 5.82 Å². The van der Waals surface area contributed by atoms with Crippen LogP contribution in [0.4, 0.5) is 4.39 Å². The molecule has 1 atom stereocenters. The molecule has 0 saturated carbocycles. The molecule has 1 aliphatic heterocycles. The Labute approximate surface area is 125 Å². The highest BCUT2D eigenvalue weighted by Crippen LogP contribution is 2.21. The van der Waals surface area contributed by atoms with E-state index in [-0.39, 0.29) is 17.2 Å². The van der Waals surface area contributed by atoms with Gasteiger partial charge in [-0.05, 0) is 37.9 Å². The monoisotopic (exact) mass is 294 g/mol. The summed E-state index contributed by atoms with van der Waals surface area (Å²) in [5, 5.41) is 13.2. The van der Waals surface area contributed by atoms with Crippen molar-refractivity contribution in [2.24, 2.45) is 0 Å². The molecule has 1 fully saturated rings. The van der Waals surface area contributed by atoms with Crippen LogP contribution in [-0.2, 0) is 0 Å². The quantitative estimate of drug-likeness (QED) is 0.877. The maximum atomic E-state index is 13.0.